The second-order valence-electron chi connectivity index (χ2n) is 11.2. The highest BCUT2D eigenvalue weighted by Gasteiger charge is 2.41. The molecule has 6 heteroatoms. The molecule has 2 N–H and O–H groups in total. The molecule has 0 aliphatic rings. The summed E-state index contributed by atoms with van der Waals surface area (Å²) >= 11 is 0. The number of ether oxygens (including phenoxy) is 1. The predicted octanol–water partition coefficient (Wildman–Crippen LogP) is 4.16. The molecule has 0 radical (unpaired) electrons. The Balaban J connectivity index is 3.25. The van der Waals surface area contributed by atoms with Crippen molar-refractivity contribution in [2.45, 2.75) is 78.9 Å². The Kier molecular flexibility index (Phi) is 11.0. The van der Waals surface area contributed by atoms with Crippen molar-refractivity contribution in [3.8, 4) is 0 Å². The van der Waals surface area contributed by atoms with Gasteiger partial charge in [0.05, 0.1) is 18.7 Å². The van der Waals surface area contributed by atoms with Gasteiger partial charge in [0.2, 0.25) is 11.8 Å². The number of rotatable bonds is 11. The molecule has 0 saturated carbocycles. The van der Waals surface area contributed by atoms with Crippen molar-refractivity contribution in [2.75, 3.05) is 27.8 Å². The molecule has 3 atom stereocenters. The van der Waals surface area contributed by atoms with Crippen LogP contribution in [0.3, 0.4) is 0 Å². The minimum Gasteiger partial charge on any atom is -0.380 e. The van der Waals surface area contributed by atoms with Gasteiger partial charge in [-0.05, 0) is 36.4 Å². The lowest BCUT2D eigenvalue weighted by atomic mass is 9.76. The van der Waals surface area contributed by atoms with Crippen LogP contribution in [0.25, 0.3) is 0 Å². The van der Waals surface area contributed by atoms with Crippen molar-refractivity contribution in [1.82, 2.24) is 15.5 Å². The first-order valence-electron chi connectivity index (χ1n) is 12.1. The largest absolute Gasteiger partial charge is 0.380 e. The Bertz CT molecular complexity index is 825. The summed E-state index contributed by atoms with van der Waals surface area (Å²) in [5, 5.41) is 6.29. The van der Waals surface area contributed by atoms with Crippen LogP contribution in [0.5, 0.6) is 0 Å². The lowest BCUT2D eigenvalue weighted by molar-refractivity contribution is -0.140. The average Bonchev–Trinajstić information content (AvgIpc) is 2.75. The molecule has 6 nitrogen and oxygen atoms in total. The zero-order valence-corrected chi connectivity index (χ0v) is 23.2. The summed E-state index contributed by atoms with van der Waals surface area (Å²) in [4.78, 5) is 29.1. The molecular formula is C28H47N3O3. The van der Waals surface area contributed by atoms with Crippen molar-refractivity contribution >= 4 is 11.8 Å². The number of nitrogens with one attached hydrogen (secondary N) is 2. The predicted molar refractivity (Wildman–Crippen MR) is 141 cm³/mol. The van der Waals surface area contributed by atoms with Crippen LogP contribution in [0, 0.1) is 11.3 Å². The number of nitrogens with zero attached hydrogens (tertiary/aromatic N) is 1. The molecule has 0 aromatic heterocycles. The van der Waals surface area contributed by atoms with Crippen molar-refractivity contribution in [2.24, 2.45) is 11.3 Å². The third kappa shape index (κ3) is 7.67. The highest BCUT2D eigenvalue weighted by atomic mass is 16.5. The van der Waals surface area contributed by atoms with Crippen LogP contribution in [0.1, 0.15) is 61.0 Å². The fourth-order valence-electron chi connectivity index (χ4n) is 4.40. The SMILES string of the molecule is CN[C@H](C(=O)N[C@H](C(=O)N(C)[C@H](C=C(C)COC)C(C)C)C(C)(C)C)C(C)(C)c1ccccc1. The molecule has 1 aromatic rings. The summed E-state index contributed by atoms with van der Waals surface area (Å²) in [6, 6.07) is 8.68. The molecule has 0 bridgehead atoms. The molecule has 34 heavy (non-hydrogen) atoms. The normalized spacial score (nSPS) is 15.6. The van der Waals surface area contributed by atoms with Gasteiger partial charge in [-0.1, -0.05) is 84.9 Å². The van der Waals surface area contributed by atoms with E-state index in [1.807, 2.05) is 78.9 Å². The lowest BCUT2D eigenvalue weighted by Gasteiger charge is -2.40. The van der Waals surface area contributed by atoms with Crippen LogP contribution in [0.15, 0.2) is 42.0 Å². The fourth-order valence-corrected chi connectivity index (χ4v) is 4.40. The van der Waals surface area contributed by atoms with E-state index in [-0.39, 0.29) is 23.8 Å². The fraction of sp³-hybridized carbons (Fsp3) is 0.643. The molecule has 0 spiro atoms. The number of hydrogen-bond donors (Lipinski definition) is 2. The third-order valence-electron chi connectivity index (χ3n) is 6.50. The summed E-state index contributed by atoms with van der Waals surface area (Å²) in [7, 11) is 5.27. The number of carbonyl (C=O) groups excluding carboxylic acids is 2. The van der Waals surface area contributed by atoms with Crippen molar-refractivity contribution < 1.29 is 14.3 Å². The molecule has 0 heterocycles. The molecule has 1 rings (SSSR count). The van der Waals surface area contributed by atoms with Crippen LogP contribution in [0.2, 0.25) is 0 Å². The van der Waals surface area contributed by atoms with E-state index in [1.165, 1.54) is 0 Å². The second kappa shape index (κ2) is 12.5. The van der Waals surface area contributed by atoms with Gasteiger partial charge in [-0.15, -0.1) is 0 Å². The topological polar surface area (TPSA) is 70.7 Å². The number of amides is 2. The van der Waals surface area contributed by atoms with E-state index in [9.17, 15) is 9.59 Å². The summed E-state index contributed by atoms with van der Waals surface area (Å²) in [6.45, 7) is 16.7. The van der Waals surface area contributed by atoms with Gasteiger partial charge in [-0.25, -0.2) is 0 Å². The van der Waals surface area contributed by atoms with Gasteiger partial charge in [0.15, 0.2) is 0 Å². The van der Waals surface area contributed by atoms with E-state index in [1.54, 1.807) is 19.1 Å². The van der Waals surface area contributed by atoms with Gasteiger partial charge in [-0.2, -0.15) is 0 Å². The third-order valence-corrected chi connectivity index (χ3v) is 6.50. The Morgan fingerprint density at radius 2 is 1.62 bits per heavy atom. The van der Waals surface area contributed by atoms with Crippen LogP contribution in [0.4, 0.5) is 0 Å². The average molecular weight is 474 g/mol. The maximum Gasteiger partial charge on any atom is 0.245 e. The molecule has 0 unspecified atom stereocenters. The zero-order valence-electron chi connectivity index (χ0n) is 23.2. The number of methoxy groups -OCH3 is 1. The van der Waals surface area contributed by atoms with Gasteiger partial charge >= 0.3 is 0 Å². The Hall–Kier alpha value is -2.18. The monoisotopic (exact) mass is 473 g/mol. The maximum atomic E-state index is 13.8. The zero-order chi connectivity index (χ0) is 26.3. The van der Waals surface area contributed by atoms with E-state index >= 15 is 0 Å². The second-order valence-corrected chi connectivity index (χ2v) is 11.2. The van der Waals surface area contributed by atoms with Gasteiger partial charge in [-0.3, -0.25) is 9.59 Å². The highest BCUT2D eigenvalue weighted by molar-refractivity contribution is 5.91. The first kappa shape index (κ1) is 29.9. The number of likely N-dealkylation sites (N-methyl/N-ethyl adjacent to an activating group) is 2. The number of carbonyl (C=O) groups is 2. The molecule has 0 fully saturated rings. The molecule has 0 saturated heterocycles. The van der Waals surface area contributed by atoms with E-state index in [4.69, 9.17) is 4.74 Å². The Morgan fingerprint density at radius 3 is 2.06 bits per heavy atom. The van der Waals surface area contributed by atoms with Crippen molar-refractivity contribution in [3.05, 3.63) is 47.5 Å². The van der Waals surface area contributed by atoms with Crippen molar-refractivity contribution in [3.63, 3.8) is 0 Å². The van der Waals surface area contributed by atoms with Crippen LogP contribution < -0.4 is 10.6 Å². The number of hydrogen-bond acceptors (Lipinski definition) is 4. The molecule has 0 aliphatic carbocycles. The maximum absolute atomic E-state index is 13.8. The molecule has 1 aromatic carbocycles. The Labute approximate surface area is 207 Å². The minimum absolute atomic E-state index is 0.103. The van der Waals surface area contributed by atoms with Crippen molar-refractivity contribution in [1.29, 1.82) is 0 Å². The molecule has 2 amide bonds. The van der Waals surface area contributed by atoms with Gasteiger partial charge in [0, 0.05) is 19.6 Å². The van der Waals surface area contributed by atoms with E-state index in [0.717, 1.165) is 11.1 Å². The number of benzene rings is 1. The quantitative estimate of drug-likeness (QED) is 0.474. The van der Waals surface area contributed by atoms with Crippen LogP contribution in [-0.2, 0) is 19.7 Å². The minimum atomic E-state index is -0.676. The van der Waals surface area contributed by atoms with Crippen LogP contribution >= 0.6 is 0 Å². The lowest BCUT2D eigenvalue weighted by Crippen LogP contribution is -2.61. The highest BCUT2D eigenvalue weighted by Crippen LogP contribution is 2.29. The van der Waals surface area contributed by atoms with Crippen LogP contribution in [-0.4, -0.2) is 62.7 Å². The summed E-state index contributed by atoms with van der Waals surface area (Å²) in [5.74, 6) is -0.0854. The van der Waals surface area contributed by atoms with E-state index in [0.29, 0.717) is 6.61 Å². The molecule has 192 valence electrons. The van der Waals surface area contributed by atoms with E-state index in [2.05, 4.69) is 30.6 Å². The van der Waals surface area contributed by atoms with E-state index < -0.39 is 22.9 Å². The summed E-state index contributed by atoms with van der Waals surface area (Å²) in [5.41, 5.74) is 1.18. The molecule has 0 aliphatic heterocycles. The Morgan fingerprint density at radius 1 is 1.06 bits per heavy atom. The first-order valence-corrected chi connectivity index (χ1v) is 12.1. The summed E-state index contributed by atoms with van der Waals surface area (Å²) in [6.07, 6.45) is 2.09. The first-order chi connectivity index (χ1) is 15.7. The summed E-state index contributed by atoms with van der Waals surface area (Å²) < 4.78 is 5.25. The van der Waals surface area contributed by atoms with Gasteiger partial charge < -0.3 is 20.3 Å². The molecular weight excluding hydrogens is 426 g/mol. The van der Waals surface area contributed by atoms with Gasteiger partial charge in [0.1, 0.15) is 6.04 Å². The smallest absolute Gasteiger partial charge is 0.245 e. The standard InChI is InChI=1S/C28H47N3O3/c1-19(2)22(17-20(3)18-34-11)31(10)26(33)24(27(4,5)6)30-25(32)23(29-9)28(7,8)21-15-13-12-14-16-21/h12-17,19,22-24,29H,18H2,1-11H3,(H,30,32)/t22-,23-,24-/m1/s1. The van der Waals surface area contributed by atoms with Gasteiger partial charge in [0.25, 0.3) is 0 Å².